The maximum absolute atomic E-state index is 12.8. The van der Waals surface area contributed by atoms with Crippen molar-refractivity contribution >= 4 is 30.9 Å². The van der Waals surface area contributed by atoms with Gasteiger partial charge in [-0.1, -0.05) is 12.8 Å². The van der Waals surface area contributed by atoms with E-state index in [1.807, 2.05) is 0 Å². The normalized spacial score (nSPS) is 36.6. The lowest BCUT2D eigenvalue weighted by Gasteiger charge is -2.42. The number of hydrogen-bond donors (Lipinski definition) is 1. The Hall–Kier alpha value is 0.690. The van der Waals surface area contributed by atoms with Crippen molar-refractivity contribution in [2.45, 2.75) is 31.8 Å². The molecule has 0 spiro atoms. The van der Waals surface area contributed by atoms with E-state index in [9.17, 15) is 4.57 Å². The highest BCUT2D eigenvalue weighted by atomic mass is 35.5. The fourth-order valence-electron chi connectivity index (χ4n) is 2.74. The zero-order valence-electron chi connectivity index (χ0n) is 10.5. The minimum absolute atomic E-state index is 0.138. The van der Waals surface area contributed by atoms with Gasteiger partial charge in [0.25, 0.3) is 0 Å². The number of alkyl halides is 2. The van der Waals surface area contributed by atoms with E-state index in [-0.39, 0.29) is 6.10 Å². The lowest BCUT2D eigenvalue weighted by atomic mass is 9.87. The monoisotopic (exact) mass is 314 g/mol. The van der Waals surface area contributed by atoms with Crippen LogP contribution in [0.15, 0.2) is 0 Å². The minimum atomic E-state index is -2.93. The maximum Gasteiger partial charge on any atom is 0.343 e. The molecule has 0 radical (unpaired) electrons. The van der Waals surface area contributed by atoms with Gasteiger partial charge >= 0.3 is 7.67 Å². The summed E-state index contributed by atoms with van der Waals surface area (Å²) < 4.78 is 20.5. The van der Waals surface area contributed by atoms with Gasteiger partial charge in [0.2, 0.25) is 0 Å². The van der Waals surface area contributed by atoms with E-state index in [0.29, 0.717) is 30.8 Å². The van der Waals surface area contributed by atoms with Crippen molar-refractivity contribution in [3.05, 3.63) is 0 Å². The van der Waals surface area contributed by atoms with Crippen molar-refractivity contribution in [2.75, 3.05) is 31.4 Å². The number of hydrogen-bond acceptors (Lipinski definition) is 2. The summed E-state index contributed by atoms with van der Waals surface area (Å²) in [6, 6.07) is 0. The highest BCUT2D eigenvalue weighted by Crippen LogP contribution is 2.53. The Morgan fingerprint density at radius 2 is 1.89 bits per heavy atom. The SMILES string of the molecule is O=P1(N(CCCl)CCCl)NCC2CCCCC2O1. The summed E-state index contributed by atoms with van der Waals surface area (Å²) >= 11 is 11.5. The van der Waals surface area contributed by atoms with Gasteiger partial charge in [-0.05, 0) is 18.8 Å². The van der Waals surface area contributed by atoms with E-state index in [0.717, 1.165) is 13.0 Å². The molecule has 3 atom stereocenters. The van der Waals surface area contributed by atoms with Gasteiger partial charge in [-0.2, -0.15) is 0 Å². The average Bonchev–Trinajstić information content (AvgIpc) is 2.38. The van der Waals surface area contributed by atoms with Gasteiger partial charge in [0.15, 0.2) is 0 Å². The lowest BCUT2D eigenvalue weighted by molar-refractivity contribution is 0.0625. The Kier molecular flexibility index (Phi) is 5.80. The van der Waals surface area contributed by atoms with Crippen LogP contribution in [0.2, 0.25) is 0 Å². The molecular formula is C11H21Cl2N2O2P. The summed E-state index contributed by atoms with van der Waals surface area (Å²) in [6.07, 6.45) is 4.75. The van der Waals surface area contributed by atoms with Crippen LogP contribution in [0.25, 0.3) is 0 Å². The third kappa shape index (κ3) is 3.41. The topological polar surface area (TPSA) is 41.6 Å². The van der Waals surface area contributed by atoms with Crippen LogP contribution in [0.1, 0.15) is 25.7 Å². The summed E-state index contributed by atoms with van der Waals surface area (Å²) in [5, 5.41) is 3.11. The number of fused-ring (bicyclic) bond motifs is 1. The van der Waals surface area contributed by atoms with Crippen LogP contribution in [-0.4, -0.2) is 42.2 Å². The number of nitrogens with one attached hydrogen (secondary N) is 1. The van der Waals surface area contributed by atoms with Crippen LogP contribution in [0.5, 0.6) is 0 Å². The molecule has 4 nitrogen and oxygen atoms in total. The second-order valence-electron chi connectivity index (χ2n) is 4.90. The van der Waals surface area contributed by atoms with Gasteiger partial charge in [-0.25, -0.2) is 9.76 Å². The molecule has 0 amide bonds. The van der Waals surface area contributed by atoms with Crippen molar-refractivity contribution in [3.63, 3.8) is 0 Å². The van der Waals surface area contributed by atoms with Crippen LogP contribution in [0.3, 0.4) is 0 Å². The standard InChI is InChI=1S/C11H21Cl2N2O2P/c12-5-7-15(8-6-13)18(16)14-9-10-3-1-2-4-11(10)17-18/h10-11H,1-9H2,(H,14,16). The zero-order valence-corrected chi connectivity index (χ0v) is 12.9. The van der Waals surface area contributed by atoms with Gasteiger partial charge in [-0.15, -0.1) is 23.2 Å². The number of halogens is 2. The summed E-state index contributed by atoms with van der Waals surface area (Å²) in [5.74, 6) is 1.37. The molecule has 18 heavy (non-hydrogen) atoms. The third-order valence-electron chi connectivity index (χ3n) is 3.73. The van der Waals surface area contributed by atoms with Crippen LogP contribution >= 0.6 is 30.9 Å². The molecule has 1 heterocycles. The molecule has 2 fully saturated rings. The Labute approximate surface area is 119 Å². The molecule has 1 N–H and O–H groups in total. The Morgan fingerprint density at radius 3 is 2.56 bits per heavy atom. The second-order valence-corrected chi connectivity index (χ2v) is 7.79. The highest BCUT2D eigenvalue weighted by molar-refractivity contribution is 7.54. The Balaban J connectivity index is 2.03. The molecule has 1 saturated heterocycles. The first kappa shape index (κ1) is 15.1. The summed E-state index contributed by atoms with van der Waals surface area (Å²) in [4.78, 5) is 0. The van der Waals surface area contributed by atoms with E-state index in [1.54, 1.807) is 4.67 Å². The van der Waals surface area contributed by atoms with E-state index >= 15 is 0 Å². The molecule has 0 aromatic carbocycles. The molecule has 106 valence electrons. The van der Waals surface area contributed by atoms with Crippen molar-refractivity contribution < 1.29 is 9.09 Å². The maximum atomic E-state index is 12.8. The Morgan fingerprint density at radius 1 is 1.22 bits per heavy atom. The first-order chi connectivity index (χ1) is 8.69. The fraction of sp³-hybridized carbons (Fsp3) is 1.00. The lowest BCUT2D eigenvalue weighted by Crippen LogP contribution is -2.45. The molecule has 1 saturated carbocycles. The van der Waals surface area contributed by atoms with E-state index in [4.69, 9.17) is 27.7 Å². The van der Waals surface area contributed by atoms with Crippen LogP contribution in [0, 0.1) is 5.92 Å². The molecule has 0 aromatic heterocycles. The minimum Gasteiger partial charge on any atom is -0.302 e. The van der Waals surface area contributed by atoms with Crippen molar-refractivity contribution in [3.8, 4) is 0 Å². The van der Waals surface area contributed by atoms with Crippen molar-refractivity contribution in [2.24, 2.45) is 5.92 Å². The summed E-state index contributed by atoms with van der Waals surface area (Å²) in [5.41, 5.74) is 0. The average molecular weight is 315 g/mol. The molecule has 0 aromatic rings. The molecule has 3 unspecified atom stereocenters. The highest BCUT2D eigenvalue weighted by Gasteiger charge is 2.42. The van der Waals surface area contributed by atoms with Gasteiger partial charge in [0.1, 0.15) is 0 Å². The Bertz CT molecular complexity index is 313. The molecular weight excluding hydrogens is 294 g/mol. The van der Waals surface area contributed by atoms with Gasteiger partial charge in [0, 0.05) is 31.4 Å². The first-order valence-corrected chi connectivity index (χ1v) is 9.25. The van der Waals surface area contributed by atoms with E-state index < -0.39 is 7.67 Å². The van der Waals surface area contributed by atoms with Crippen LogP contribution < -0.4 is 5.09 Å². The summed E-state index contributed by atoms with van der Waals surface area (Å²) in [7, 11) is -2.93. The van der Waals surface area contributed by atoms with Gasteiger partial charge in [0.05, 0.1) is 6.10 Å². The largest absolute Gasteiger partial charge is 0.343 e. The van der Waals surface area contributed by atoms with Crippen molar-refractivity contribution in [1.82, 2.24) is 9.76 Å². The summed E-state index contributed by atoms with van der Waals surface area (Å²) in [6.45, 7) is 1.86. The third-order valence-corrected chi connectivity index (χ3v) is 6.35. The number of nitrogens with zero attached hydrogens (tertiary/aromatic N) is 1. The van der Waals surface area contributed by atoms with Gasteiger partial charge < -0.3 is 4.52 Å². The molecule has 2 rings (SSSR count). The van der Waals surface area contributed by atoms with Crippen LogP contribution in [-0.2, 0) is 9.09 Å². The van der Waals surface area contributed by atoms with E-state index in [2.05, 4.69) is 5.09 Å². The second kappa shape index (κ2) is 6.92. The molecule has 1 aliphatic heterocycles. The zero-order chi connectivity index (χ0) is 13.0. The first-order valence-electron chi connectivity index (χ1n) is 6.60. The predicted molar refractivity (Wildman–Crippen MR) is 75.5 cm³/mol. The number of rotatable bonds is 5. The fourth-order valence-corrected chi connectivity index (χ4v) is 5.62. The van der Waals surface area contributed by atoms with Gasteiger partial charge in [-0.3, -0.25) is 4.57 Å². The van der Waals surface area contributed by atoms with Crippen LogP contribution in [0.4, 0.5) is 0 Å². The van der Waals surface area contributed by atoms with Crippen molar-refractivity contribution in [1.29, 1.82) is 0 Å². The molecule has 7 heteroatoms. The molecule has 1 aliphatic carbocycles. The quantitative estimate of drug-likeness (QED) is 0.625. The molecule has 2 aliphatic rings. The predicted octanol–water partition coefficient (Wildman–Crippen LogP) is 3.05. The smallest absolute Gasteiger partial charge is 0.302 e. The molecule has 0 bridgehead atoms. The van der Waals surface area contributed by atoms with E-state index in [1.165, 1.54) is 19.3 Å².